The Bertz CT molecular complexity index is 160. The van der Waals surface area contributed by atoms with Crippen LogP contribution in [0.4, 0.5) is 0 Å². The van der Waals surface area contributed by atoms with Gasteiger partial charge in [-0.25, -0.2) is 0 Å². The summed E-state index contributed by atoms with van der Waals surface area (Å²) in [5, 5.41) is 0. The van der Waals surface area contributed by atoms with Crippen LogP contribution in [0.15, 0.2) is 12.7 Å². The molecule has 1 unspecified atom stereocenters. The minimum atomic E-state index is 0.243. The van der Waals surface area contributed by atoms with E-state index in [1.54, 1.807) is 0 Å². The van der Waals surface area contributed by atoms with Gasteiger partial charge in [0.05, 0.1) is 0 Å². The highest BCUT2D eigenvalue weighted by Gasteiger charge is 2.24. The number of rotatable bonds is 7. The fourth-order valence-electron chi connectivity index (χ4n) is 1.43. The maximum Gasteiger partial charge on any atom is 0.0163 e. The van der Waals surface area contributed by atoms with Crippen molar-refractivity contribution in [1.29, 1.82) is 0 Å². The molecule has 0 radical (unpaired) electrons. The predicted octanol–water partition coefficient (Wildman–Crippen LogP) is 2.26. The van der Waals surface area contributed by atoms with Crippen LogP contribution in [0, 0.1) is 5.41 Å². The van der Waals surface area contributed by atoms with E-state index in [1.165, 1.54) is 0 Å². The lowest BCUT2D eigenvalue weighted by Crippen LogP contribution is -2.43. The number of hydrogen-bond acceptors (Lipinski definition) is 2. The van der Waals surface area contributed by atoms with Crippen LogP contribution in [0.3, 0.4) is 0 Å². The second kappa shape index (κ2) is 6.20. The van der Waals surface area contributed by atoms with E-state index >= 15 is 0 Å². The molecular formula is C12H26N2. The quantitative estimate of drug-likeness (QED) is 0.636. The van der Waals surface area contributed by atoms with Crippen molar-refractivity contribution < 1.29 is 0 Å². The van der Waals surface area contributed by atoms with Crippen LogP contribution in [0.2, 0.25) is 0 Å². The standard InChI is InChI=1S/C12H26N2/c1-6-8-14(11(3)4)10-12(5,7-2)9-13/h6,11H,1,7-10,13H2,2-5H3. The van der Waals surface area contributed by atoms with E-state index in [4.69, 9.17) is 5.73 Å². The molecule has 0 saturated heterocycles. The van der Waals surface area contributed by atoms with Gasteiger partial charge in [-0.05, 0) is 32.2 Å². The zero-order chi connectivity index (χ0) is 11.2. The van der Waals surface area contributed by atoms with Crippen molar-refractivity contribution >= 4 is 0 Å². The summed E-state index contributed by atoms with van der Waals surface area (Å²) in [6.07, 6.45) is 3.09. The van der Waals surface area contributed by atoms with Gasteiger partial charge in [0.1, 0.15) is 0 Å². The molecule has 0 aliphatic rings. The summed E-state index contributed by atoms with van der Waals surface area (Å²) in [6, 6.07) is 0.561. The molecule has 0 heterocycles. The molecule has 0 amide bonds. The summed E-state index contributed by atoms with van der Waals surface area (Å²) in [4.78, 5) is 2.42. The van der Waals surface area contributed by atoms with Gasteiger partial charge in [-0.2, -0.15) is 0 Å². The lowest BCUT2D eigenvalue weighted by Gasteiger charge is -2.35. The SMILES string of the molecule is C=CCN(CC(C)(CC)CN)C(C)C. The van der Waals surface area contributed by atoms with Gasteiger partial charge < -0.3 is 5.73 Å². The Morgan fingerprint density at radius 3 is 2.36 bits per heavy atom. The van der Waals surface area contributed by atoms with Crippen molar-refractivity contribution in [3.8, 4) is 0 Å². The Balaban J connectivity index is 4.32. The summed E-state index contributed by atoms with van der Waals surface area (Å²) in [6.45, 7) is 15.5. The Labute approximate surface area is 89.2 Å². The average molecular weight is 198 g/mol. The van der Waals surface area contributed by atoms with E-state index in [1.807, 2.05) is 6.08 Å². The van der Waals surface area contributed by atoms with Gasteiger partial charge in [0.15, 0.2) is 0 Å². The molecule has 14 heavy (non-hydrogen) atoms. The van der Waals surface area contributed by atoms with E-state index in [0.29, 0.717) is 6.04 Å². The normalized spacial score (nSPS) is 15.9. The van der Waals surface area contributed by atoms with Crippen LogP contribution in [0.5, 0.6) is 0 Å². The number of nitrogens with two attached hydrogens (primary N) is 1. The summed E-state index contributed by atoms with van der Waals surface area (Å²) in [5.41, 5.74) is 6.05. The molecule has 1 atom stereocenters. The molecule has 0 aromatic carbocycles. The molecule has 84 valence electrons. The molecule has 2 heteroatoms. The minimum absolute atomic E-state index is 0.243. The zero-order valence-electron chi connectivity index (χ0n) is 10.2. The molecule has 0 aromatic rings. The van der Waals surface area contributed by atoms with E-state index in [2.05, 4.69) is 39.2 Å². The van der Waals surface area contributed by atoms with Crippen molar-refractivity contribution in [1.82, 2.24) is 4.90 Å². The second-order valence-electron chi connectivity index (χ2n) is 4.68. The van der Waals surface area contributed by atoms with Crippen LogP contribution in [0.25, 0.3) is 0 Å². The van der Waals surface area contributed by atoms with Crippen LogP contribution < -0.4 is 5.73 Å². The summed E-state index contributed by atoms with van der Waals surface area (Å²) in [7, 11) is 0. The summed E-state index contributed by atoms with van der Waals surface area (Å²) >= 11 is 0. The van der Waals surface area contributed by atoms with Gasteiger partial charge in [0.25, 0.3) is 0 Å². The first-order chi connectivity index (χ1) is 6.49. The lowest BCUT2D eigenvalue weighted by atomic mass is 9.86. The molecule has 2 N–H and O–H groups in total. The highest BCUT2D eigenvalue weighted by Crippen LogP contribution is 2.21. The van der Waals surface area contributed by atoms with Gasteiger partial charge in [0.2, 0.25) is 0 Å². The highest BCUT2D eigenvalue weighted by atomic mass is 15.1. The fourth-order valence-corrected chi connectivity index (χ4v) is 1.43. The topological polar surface area (TPSA) is 29.3 Å². The second-order valence-corrected chi connectivity index (χ2v) is 4.68. The largest absolute Gasteiger partial charge is 0.330 e. The Morgan fingerprint density at radius 2 is 2.07 bits per heavy atom. The third-order valence-electron chi connectivity index (χ3n) is 3.03. The Hall–Kier alpha value is -0.340. The average Bonchev–Trinajstić information content (AvgIpc) is 2.17. The molecule has 0 aliphatic carbocycles. The molecule has 0 saturated carbocycles. The van der Waals surface area contributed by atoms with Crippen LogP contribution in [-0.2, 0) is 0 Å². The fraction of sp³-hybridized carbons (Fsp3) is 0.833. The van der Waals surface area contributed by atoms with Gasteiger partial charge in [0, 0.05) is 19.1 Å². The molecule has 0 bridgehead atoms. The molecule has 0 spiro atoms. The van der Waals surface area contributed by atoms with Crippen molar-refractivity contribution in [2.45, 2.75) is 40.2 Å². The lowest BCUT2D eigenvalue weighted by molar-refractivity contribution is 0.147. The summed E-state index contributed by atoms with van der Waals surface area (Å²) < 4.78 is 0. The zero-order valence-corrected chi connectivity index (χ0v) is 10.2. The van der Waals surface area contributed by atoms with E-state index in [9.17, 15) is 0 Å². The minimum Gasteiger partial charge on any atom is -0.330 e. The number of nitrogens with zero attached hydrogens (tertiary/aromatic N) is 1. The van der Waals surface area contributed by atoms with Gasteiger partial charge >= 0.3 is 0 Å². The molecule has 0 rings (SSSR count). The van der Waals surface area contributed by atoms with E-state index in [-0.39, 0.29) is 5.41 Å². The first kappa shape index (κ1) is 13.7. The van der Waals surface area contributed by atoms with E-state index < -0.39 is 0 Å². The summed E-state index contributed by atoms with van der Waals surface area (Å²) in [5.74, 6) is 0. The molecule has 2 nitrogen and oxygen atoms in total. The monoisotopic (exact) mass is 198 g/mol. The van der Waals surface area contributed by atoms with E-state index in [0.717, 1.165) is 26.1 Å². The molecule has 0 aromatic heterocycles. The Kier molecular flexibility index (Phi) is 6.05. The maximum atomic E-state index is 5.81. The van der Waals surface area contributed by atoms with Crippen molar-refractivity contribution in [2.75, 3.05) is 19.6 Å². The smallest absolute Gasteiger partial charge is 0.0163 e. The first-order valence-electron chi connectivity index (χ1n) is 5.54. The van der Waals surface area contributed by atoms with Gasteiger partial charge in [-0.15, -0.1) is 6.58 Å². The molecule has 0 aliphatic heterocycles. The van der Waals surface area contributed by atoms with Crippen molar-refractivity contribution in [3.05, 3.63) is 12.7 Å². The predicted molar refractivity (Wildman–Crippen MR) is 64.4 cm³/mol. The first-order valence-corrected chi connectivity index (χ1v) is 5.54. The Morgan fingerprint density at radius 1 is 1.50 bits per heavy atom. The third-order valence-corrected chi connectivity index (χ3v) is 3.03. The van der Waals surface area contributed by atoms with Crippen molar-refractivity contribution in [2.24, 2.45) is 11.1 Å². The van der Waals surface area contributed by atoms with Gasteiger partial charge in [-0.3, -0.25) is 4.90 Å². The maximum absolute atomic E-state index is 5.81. The van der Waals surface area contributed by atoms with Crippen LogP contribution in [0.1, 0.15) is 34.1 Å². The van der Waals surface area contributed by atoms with Gasteiger partial charge in [-0.1, -0.05) is 19.9 Å². The third kappa shape index (κ3) is 4.25. The molecular weight excluding hydrogens is 172 g/mol. The highest BCUT2D eigenvalue weighted by molar-refractivity contribution is 4.83. The number of hydrogen-bond donors (Lipinski definition) is 1. The van der Waals surface area contributed by atoms with Crippen LogP contribution >= 0.6 is 0 Å². The van der Waals surface area contributed by atoms with Crippen LogP contribution in [-0.4, -0.2) is 30.6 Å². The van der Waals surface area contributed by atoms with Crippen molar-refractivity contribution in [3.63, 3.8) is 0 Å². The molecule has 0 fully saturated rings.